The van der Waals surface area contributed by atoms with Gasteiger partial charge in [-0.2, -0.15) is 13.2 Å². The number of aliphatic imine (C=N–C) groups is 1. The summed E-state index contributed by atoms with van der Waals surface area (Å²) in [6.45, 7) is 1.44. The molecule has 5 nitrogen and oxygen atoms in total. The largest absolute Gasteiger partial charge is 0.416 e. The van der Waals surface area contributed by atoms with E-state index in [1.165, 1.54) is 6.07 Å². The molecule has 148 valence electrons. The number of hydrogen-bond acceptors (Lipinski definition) is 3. The Morgan fingerprint density at radius 3 is 2.23 bits per heavy atom. The zero-order chi connectivity index (χ0) is 18.7. The van der Waals surface area contributed by atoms with Gasteiger partial charge in [-0.25, -0.2) is 13.4 Å². The second-order valence-electron chi connectivity index (χ2n) is 6.21. The minimum atomic E-state index is -4.63. The number of hydrogen-bond donors (Lipinski definition) is 1. The summed E-state index contributed by atoms with van der Waals surface area (Å²) in [6, 6.07) is 2.76. The molecule has 0 bridgehead atoms. The molecule has 2 rings (SSSR count). The molecule has 1 heterocycles. The molecule has 0 radical (unpaired) electrons. The summed E-state index contributed by atoms with van der Waals surface area (Å²) in [7, 11) is -3.76. The van der Waals surface area contributed by atoms with Crippen molar-refractivity contribution >= 4 is 39.8 Å². The van der Waals surface area contributed by atoms with Gasteiger partial charge in [0.15, 0.2) is 15.8 Å². The van der Waals surface area contributed by atoms with Gasteiger partial charge in [0, 0.05) is 19.3 Å². The van der Waals surface area contributed by atoms with Crippen LogP contribution in [0.25, 0.3) is 0 Å². The SMILES string of the molecule is CS(=O)(=O)c1cc(CN=C(N)N2CCCCCC2)cc(C(F)(F)F)c1.I. The monoisotopic (exact) mass is 505 g/mol. The van der Waals surface area contributed by atoms with E-state index in [-0.39, 0.29) is 46.9 Å². The van der Waals surface area contributed by atoms with Crippen molar-refractivity contribution in [1.29, 1.82) is 0 Å². The van der Waals surface area contributed by atoms with Crippen LogP contribution in [0.5, 0.6) is 0 Å². The number of nitrogens with zero attached hydrogens (tertiary/aromatic N) is 2. The third-order valence-electron chi connectivity index (χ3n) is 4.08. The molecular weight excluding hydrogens is 482 g/mol. The number of halogens is 4. The number of nitrogens with two attached hydrogens (primary N) is 1. The van der Waals surface area contributed by atoms with Gasteiger partial charge < -0.3 is 10.6 Å². The van der Waals surface area contributed by atoms with Crippen molar-refractivity contribution < 1.29 is 21.6 Å². The Labute approximate surface area is 168 Å². The average Bonchev–Trinajstić information content (AvgIpc) is 2.80. The Bertz CT molecular complexity index is 744. The lowest BCUT2D eigenvalue weighted by Gasteiger charge is -2.21. The van der Waals surface area contributed by atoms with Gasteiger partial charge in [-0.3, -0.25) is 0 Å². The third kappa shape index (κ3) is 6.60. The lowest BCUT2D eigenvalue weighted by molar-refractivity contribution is -0.137. The summed E-state index contributed by atoms with van der Waals surface area (Å²) >= 11 is 0. The second kappa shape index (κ2) is 9.25. The Morgan fingerprint density at radius 1 is 1.15 bits per heavy atom. The van der Waals surface area contributed by atoms with Gasteiger partial charge in [0.05, 0.1) is 17.0 Å². The van der Waals surface area contributed by atoms with Crippen molar-refractivity contribution in [2.24, 2.45) is 10.7 Å². The van der Waals surface area contributed by atoms with Gasteiger partial charge in [0.1, 0.15) is 0 Å². The quantitative estimate of drug-likeness (QED) is 0.388. The maximum Gasteiger partial charge on any atom is 0.416 e. The van der Waals surface area contributed by atoms with Gasteiger partial charge in [-0.15, -0.1) is 24.0 Å². The Hall–Kier alpha value is -1.04. The molecule has 1 aliphatic heterocycles. The highest BCUT2D eigenvalue weighted by atomic mass is 127. The minimum Gasteiger partial charge on any atom is -0.370 e. The standard InChI is InChI=1S/C16H22F3N3O2S.HI/c1-25(23,24)14-9-12(8-13(10-14)16(17,18)19)11-21-15(20)22-6-4-2-3-5-7-22;/h8-10H,2-7,11H2,1H3,(H2,20,21);1H. The Morgan fingerprint density at radius 2 is 1.73 bits per heavy atom. The predicted octanol–water partition coefficient (Wildman–Crippen LogP) is 3.42. The third-order valence-corrected chi connectivity index (χ3v) is 5.17. The molecule has 0 aliphatic carbocycles. The van der Waals surface area contributed by atoms with Crippen LogP contribution in [0.1, 0.15) is 36.8 Å². The molecule has 1 aliphatic rings. The van der Waals surface area contributed by atoms with E-state index < -0.39 is 21.6 Å². The van der Waals surface area contributed by atoms with E-state index in [1.54, 1.807) is 0 Å². The van der Waals surface area contributed by atoms with E-state index in [0.717, 1.165) is 51.1 Å². The molecule has 1 saturated heterocycles. The number of likely N-dealkylation sites (tertiary alicyclic amines) is 1. The van der Waals surface area contributed by atoms with Crippen LogP contribution in [0.3, 0.4) is 0 Å². The fourth-order valence-electron chi connectivity index (χ4n) is 2.70. The molecule has 0 aromatic heterocycles. The van der Waals surface area contributed by atoms with Gasteiger partial charge in [0.25, 0.3) is 0 Å². The van der Waals surface area contributed by atoms with Crippen LogP contribution in [0, 0.1) is 0 Å². The smallest absolute Gasteiger partial charge is 0.370 e. The maximum absolute atomic E-state index is 13.0. The second-order valence-corrected chi connectivity index (χ2v) is 8.23. The van der Waals surface area contributed by atoms with Crippen LogP contribution in [-0.4, -0.2) is 38.6 Å². The van der Waals surface area contributed by atoms with Crippen molar-refractivity contribution in [2.75, 3.05) is 19.3 Å². The predicted molar refractivity (Wildman–Crippen MR) is 105 cm³/mol. The summed E-state index contributed by atoms with van der Waals surface area (Å²) in [5.74, 6) is 0.278. The fourth-order valence-corrected chi connectivity index (χ4v) is 3.41. The lowest BCUT2D eigenvalue weighted by Crippen LogP contribution is -2.38. The molecular formula is C16H23F3IN3O2S. The lowest BCUT2D eigenvalue weighted by atomic mass is 10.1. The molecule has 26 heavy (non-hydrogen) atoms. The molecule has 0 spiro atoms. The first-order valence-corrected chi connectivity index (χ1v) is 9.92. The number of guanidine groups is 1. The van der Waals surface area contributed by atoms with Crippen LogP contribution < -0.4 is 5.73 Å². The topological polar surface area (TPSA) is 75.8 Å². The van der Waals surface area contributed by atoms with Gasteiger partial charge in [-0.1, -0.05) is 12.8 Å². The number of sulfone groups is 1. The number of rotatable bonds is 3. The van der Waals surface area contributed by atoms with Gasteiger partial charge in [0.2, 0.25) is 0 Å². The summed E-state index contributed by atoms with van der Waals surface area (Å²) in [5, 5.41) is 0. The van der Waals surface area contributed by atoms with Crippen molar-refractivity contribution in [3.8, 4) is 0 Å². The van der Waals surface area contributed by atoms with E-state index >= 15 is 0 Å². The normalized spacial score (nSPS) is 16.8. The first-order valence-electron chi connectivity index (χ1n) is 8.03. The van der Waals surface area contributed by atoms with E-state index in [9.17, 15) is 21.6 Å². The molecule has 0 atom stereocenters. The Kier molecular flexibility index (Phi) is 8.18. The van der Waals surface area contributed by atoms with Crippen LogP contribution in [0.2, 0.25) is 0 Å². The fraction of sp³-hybridized carbons (Fsp3) is 0.562. The summed E-state index contributed by atoms with van der Waals surface area (Å²) < 4.78 is 62.3. The summed E-state index contributed by atoms with van der Waals surface area (Å²) in [5.41, 5.74) is 5.10. The molecule has 1 aromatic rings. The minimum absolute atomic E-state index is 0. The van der Waals surface area contributed by atoms with Crippen molar-refractivity contribution in [1.82, 2.24) is 4.90 Å². The van der Waals surface area contributed by atoms with Gasteiger partial charge >= 0.3 is 6.18 Å². The number of alkyl halides is 3. The molecule has 2 N–H and O–H groups in total. The molecule has 1 aromatic carbocycles. The maximum atomic E-state index is 13.0. The molecule has 0 unspecified atom stereocenters. The van der Waals surface area contributed by atoms with Gasteiger partial charge in [-0.05, 0) is 36.6 Å². The Balaban J connectivity index is 0.00000338. The first kappa shape index (κ1) is 23.0. The summed E-state index contributed by atoms with van der Waals surface area (Å²) in [6.07, 6.45) is 0.483. The van der Waals surface area contributed by atoms with Crippen molar-refractivity contribution in [3.63, 3.8) is 0 Å². The zero-order valence-corrected chi connectivity index (χ0v) is 17.6. The summed E-state index contributed by atoms with van der Waals surface area (Å²) in [4.78, 5) is 5.70. The molecule has 0 saturated carbocycles. The highest BCUT2D eigenvalue weighted by Crippen LogP contribution is 2.32. The van der Waals surface area contributed by atoms with Crippen LogP contribution >= 0.6 is 24.0 Å². The van der Waals surface area contributed by atoms with Crippen molar-refractivity contribution in [3.05, 3.63) is 29.3 Å². The van der Waals surface area contributed by atoms with Crippen molar-refractivity contribution in [2.45, 2.75) is 43.3 Å². The molecule has 1 fully saturated rings. The average molecular weight is 505 g/mol. The van der Waals surface area contributed by atoms with Crippen LogP contribution in [0.15, 0.2) is 28.1 Å². The van der Waals surface area contributed by atoms with E-state index in [0.29, 0.717) is 6.07 Å². The van der Waals surface area contributed by atoms with Crippen LogP contribution in [-0.2, 0) is 22.6 Å². The van der Waals surface area contributed by atoms with E-state index in [1.807, 2.05) is 4.90 Å². The van der Waals surface area contributed by atoms with E-state index in [4.69, 9.17) is 5.73 Å². The number of benzene rings is 1. The highest BCUT2D eigenvalue weighted by molar-refractivity contribution is 14.0. The first-order chi connectivity index (χ1) is 11.6. The molecule has 10 heteroatoms. The van der Waals surface area contributed by atoms with Crippen LogP contribution in [0.4, 0.5) is 13.2 Å². The highest BCUT2D eigenvalue weighted by Gasteiger charge is 2.32. The zero-order valence-electron chi connectivity index (χ0n) is 14.4. The van der Waals surface area contributed by atoms with E-state index in [2.05, 4.69) is 4.99 Å². The molecule has 0 amide bonds.